The highest BCUT2D eigenvalue weighted by Crippen LogP contribution is 2.40. The predicted molar refractivity (Wildman–Crippen MR) is 99.4 cm³/mol. The molecule has 0 aromatic carbocycles. The third-order valence-corrected chi connectivity index (χ3v) is 5.87. The highest BCUT2D eigenvalue weighted by molar-refractivity contribution is 7.20. The van der Waals surface area contributed by atoms with Gasteiger partial charge in [0.2, 0.25) is 11.0 Å². The highest BCUT2D eigenvalue weighted by Gasteiger charge is 2.33. The first-order chi connectivity index (χ1) is 11.5. The van der Waals surface area contributed by atoms with Gasteiger partial charge in [-0.3, -0.25) is 4.79 Å². The molecule has 1 N–H and O–H groups in total. The van der Waals surface area contributed by atoms with Crippen LogP contribution in [0.2, 0.25) is 0 Å². The number of hydrogen-bond donors (Lipinski definition) is 1. The number of anilines is 1. The fraction of sp³-hybridized carbons (Fsp3) is 0.312. The Hall–Kier alpha value is -1.80. The Kier molecular flexibility index (Phi) is 5.25. The summed E-state index contributed by atoms with van der Waals surface area (Å²) in [5.74, 6) is -0.688. The SMILES string of the molecule is Bc1ccc([C@@H](C2C=CC=C(F)C2)[C@@H](C)C(=O)Nc2nncs2)s1. The molecular weight excluding hydrogens is 344 g/mol. The standard InChI is InChI=1S/C16H17BFN3OS2/c1-9(15(22)20-16-21-19-8-23-16)14(12-5-6-13(17)24-12)10-3-2-4-11(18)7-10/h2-6,8-10,14H,7,17H2,1H3,(H,20,21,22)/t9-,10?,14-/m1/s1. The van der Waals surface area contributed by atoms with Gasteiger partial charge >= 0.3 is 0 Å². The quantitative estimate of drug-likeness (QED) is 0.833. The van der Waals surface area contributed by atoms with E-state index in [0.29, 0.717) is 11.6 Å². The Labute approximate surface area is 148 Å². The molecular formula is C16H17BFN3OS2. The molecule has 1 unspecified atom stereocenters. The maximum Gasteiger partial charge on any atom is 0.229 e. The zero-order valence-corrected chi connectivity index (χ0v) is 15.0. The molecule has 2 heterocycles. The first-order valence-corrected chi connectivity index (χ1v) is 9.40. The van der Waals surface area contributed by atoms with Gasteiger partial charge < -0.3 is 5.32 Å². The maximum absolute atomic E-state index is 13.8. The van der Waals surface area contributed by atoms with Gasteiger partial charge in [0.15, 0.2) is 7.85 Å². The van der Waals surface area contributed by atoms with Crippen LogP contribution in [-0.2, 0) is 4.79 Å². The van der Waals surface area contributed by atoms with Gasteiger partial charge in [-0.15, -0.1) is 10.2 Å². The number of rotatable bonds is 5. The minimum Gasteiger partial charge on any atom is -0.300 e. The zero-order valence-electron chi connectivity index (χ0n) is 13.4. The number of nitrogens with zero attached hydrogens (tertiary/aromatic N) is 2. The molecule has 0 saturated carbocycles. The van der Waals surface area contributed by atoms with Gasteiger partial charge in [0.1, 0.15) is 11.3 Å². The van der Waals surface area contributed by atoms with Gasteiger partial charge in [-0.2, -0.15) is 11.3 Å². The molecule has 3 atom stereocenters. The molecule has 1 amide bonds. The molecule has 0 spiro atoms. The van der Waals surface area contributed by atoms with Crippen LogP contribution >= 0.6 is 22.7 Å². The fourth-order valence-electron chi connectivity index (χ4n) is 2.98. The van der Waals surface area contributed by atoms with E-state index < -0.39 is 0 Å². The minimum absolute atomic E-state index is 0.0387. The summed E-state index contributed by atoms with van der Waals surface area (Å²) in [6, 6.07) is 4.09. The molecule has 4 nitrogen and oxygen atoms in total. The molecule has 2 aromatic heterocycles. The summed E-state index contributed by atoms with van der Waals surface area (Å²) in [6.45, 7) is 1.89. The third kappa shape index (κ3) is 3.81. The molecule has 24 heavy (non-hydrogen) atoms. The number of halogens is 1. The number of aromatic nitrogens is 2. The molecule has 0 saturated heterocycles. The van der Waals surface area contributed by atoms with E-state index in [-0.39, 0.29) is 29.5 Å². The van der Waals surface area contributed by atoms with E-state index in [9.17, 15) is 9.18 Å². The predicted octanol–water partition coefficient (Wildman–Crippen LogP) is 2.65. The van der Waals surface area contributed by atoms with E-state index in [1.165, 1.54) is 22.2 Å². The summed E-state index contributed by atoms with van der Waals surface area (Å²) in [5.41, 5.74) is 1.57. The highest BCUT2D eigenvalue weighted by atomic mass is 32.1. The van der Waals surface area contributed by atoms with Gasteiger partial charge in [-0.25, -0.2) is 4.39 Å². The van der Waals surface area contributed by atoms with Crippen molar-refractivity contribution < 1.29 is 9.18 Å². The van der Waals surface area contributed by atoms with E-state index in [2.05, 4.69) is 15.5 Å². The van der Waals surface area contributed by atoms with Crippen LogP contribution < -0.4 is 10.1 Å². The number of thiophene rings is 1. The fourth-order valence-corrected chi connectivity index (χ4v) is 4.59. The number of allylic oxidation sites excluding steroid dienone is 4. The van der Waals surface area contributed by atoms with E-state index in [1.807, 2.05) is 33.0 Å². The van der Waals surface area contributed by atoms with Crippen molar-refractivity contribution in [2.45, 2.75) is 19.3 Å². The van der Waals surface area contributed by atoms with Crippen molar-refractivity contribution in [2.24, 2.45) is 11.8 Å². The van der Waals surface area contributed by atoms with Crippen molar-refractivity contribution in [2.75, 3.05) is 5.32 Å². The summed E-state index contributed by atoms with van der Waals surface area (Å²) < 4.78 is 15.0. The van der Waals surface area contributed by atoms with Crippen molar-refractivity contribution in [1.29, 1.82) is 0 Å². The lowest BCUT2D eigenvalue weighted by Crippen LogP contribution is -2.29. The lowest BCUT2D eigenvalue weighted by Gasteiger charge is -2.29. The van der Waals surface area contributed by atoms with Crippen LogP contribution in [0.15, 0.2) is 41.7 Å². The molecule has 2 aromatic rings. The second kappa shape index (κ2) is 7.40. The van der Waals surface area contributed by atoms with Crippen LogP contribution in [-0.4, -0.2) is 24.0 Å². The number of carbonyl (C=O) groups is 1. The number of carbonyl (C=O) groups excluding carboxylic acids is 1. The Balaban J connectivity index is 1.85. The molecule has 0 radical (unpaired) electrons. The molecule has 0 fully saturated rings. The van der Waals surface area contributed by atoms with Crippen LogP contribution in [0.3, 0.4) is 0 Å². The van der Waals surface area contributed by atoms with Gasteiger partial charge in [-0.1, -0.05) is 36.5 Å². The first-order valence-electron chi connectivity index (χ1n) is 7.71. The van der Waals surface area contributed by atoms with Crippen molar-refractivity contribution >= 4 is 46.3 Å². The second-order valence-electron chi connectivity index (χ2n) is 5.86. The second-order valence-corrected chi connectivity index (χ2v) is 8.02. The van der Waals surface area contributed by atoms with E-state index in [1.54, 1.807) is 22.9 Å². The lowest BCUT2D eigenvalue weighted by molar-refractivity contribution is -0.120. The van der Waals surface area contributed by atoms with Gasteiger partial charge in [-0.05, 0) is 22.8 Å². The van der Waals surface area contributed by atoms with Crippen LogP contribution in [0.1, 0.15) is 24.1 Å². The van der Waals surface area contributed by atoms with Crippen molar-refractivity contribution in [3.05, 3.63) is 46.6 Å². The normalized spacial score (nSPS) is 19.6. The van der Waals surface area contributed by atoms with Crippen LogP contribution in [0.5, 0.6) is 0 Å². The average molecular weight is 361 g/mol. The number of amides is 1. The monoisotopic (exact) mass is 361 g/mol. The van der Waals surface area contributed by atoms with E-state index in [4.69, 9.17) is 0 Å². The first kappa shape index (κ1) is 17.0. The van der Waals surface area contributed by atoms with Gasteiger partial charge in [0.05, 0.1) is 0 Å². The Morgan fingerprint density at radius 1 is 1.50 bits per heavy atom. The summed E-state index contributed by atoms with van der Waals surface area (Å²) in [5, 5.41) is 10.9. The third-order valence-electron chi connectivity index (χ3n) is 4.16. The smallest absolute Gasteiger partial charge is 0.229 e. The number of hydrogen-bond acceptors (Lipinski definition) is 5. The summed E-state index contributed by atoms with van der Waals surface area (Å²) >= 11 is 2.94. The van der Waals surface area contributed by atoms with E-state index in [0.717, 1.165) is 4.88 Å². The molecule has 8 heteroatoms. The van der Waals surface area contributed by atoms with Crippen molar-refractivity contribution in [1.82, 2.24) is 10.2 Å². The summed E-state index contributed by atoms with van der Waals surface area (Å²) in [7, 11) is 2.04. The average Bonchev–Trinajstić information content (AvgIpc) is 3.19. The summed E-state index contributed by atoms with van der Waals surface area (Å²) in [6.07, 6.45) is 5.55. The topological polar surface area (TPSA) is 54.9 Å². The van der Waals surface area contributed by atoms with Gasteiger partial charge in [0, 0.05) is 23.1 Å². The minimum atomic E-state index is -0.313. The largest absolute Gasteiger partial charge is 0.300 e. The zero-order chi connectivity index (χ0) is 17.1. The molecule has 124 valence electrons. The van der Waals surface area contributed by atoms with Crippen LogP contribution in [0.25, 0.3) is 0 Å². The maximum atomic E-state index is 13.8. The number of nitrogens with one attached hydrogen (secondary N) is 1. The molecule has 0 bridgehead atoms. The van der Waals surface area contributed by atoms with Crippen molar-refractivity contribution in [3.63, 3.8) is 0 Å². The van der Waals surface area contributed by atoms with E-state index >= 15 is 0 Å². The molecule has 0 aliphatic heterocycles. The molecule has 1 aliphatic rings. The lowest BCUT2D eigenvalue weighted by atomic mass is 9.77. The molecule has 3 rings (SSSR count). The summed E-state index contributed by atoms with van der Waals surface area (Å²) in [4.78, 5) is 13.8. The Bertz CT molecular complexity index is 772. The van der Waals surface area contributed by atoms with Crippen molar-refractivity contribution in [3.8, 4) is 0 Å². The molecule has 1 aliphatic carbocycles. The Morgan fingerprint density at radius 3 is 2.96 bits per heavy atom. The van der Waals surface area contributed by atoms with Crippen LogP contribution in [0.4, 0.5) is 9.52 Å². The van der Waals surface area contributed by atoms with Crippen LogP contribution in [0, 0.1) is 11.8 Å². The van der Waals surface area contributed by atoms with Gasteiger partial charge in [0.25, 0.3) is 0 Å². The Morgan fingerprint density at radius 2 is 2.33 bits per heavy atom.